The molecule has 2 aromatic carbocycles. The van der Waals surface area contributed by atoms with E-state index in [2.05, 4.69) is 31.2 Å². The van der Waals surface area contributed by atoms with Crippen molar-refractivity contribution in [3.8, 4) is 0 Å². The van der Waals surface area contributed by atoms with E-state index in [4.69, 9.17) is 11.6 Å². The predicted molar refractivity (Wildman–Crippen MR) is 116 cm³/mol. The van der Waals surface area contributed by atoms with Gasteiger partial charge < -0.3 is 4.90 Å². The number of thioether (sulfide) groups is 1. The second-order valence-corrected chi connectivity index (χ2v) is 9.08. The van der Waals surface area contributed by atoms with Crippen molar-refractivity contribution < 1.29 is 9.69 Å². The number of nitrogens with one attached hydrogen (secondary N) is 1. The highest BCUT2D eigenvalue weighted by molar-refractivity contribution is 7.99. The Morgan fingerprint density at radius 1 is 1.19 bits per heavy atom. The van der Waals surface area contributed by atoms with Crippen LogP contribution in [0.1, 0.15) is 6.42 Å². The first-order valence-corrected chi connectivity index (χ1v) is 11.0. The Labute approximate surface area is 173 Å². The standard InChI is InChI=1S/C20H22ClN3OS2/c1-23(2)12-13-24(18(25)11-14-26-15-7-4-3-5-8-15)20-22-19-16(21)9-6-10-17(19)27-20/h3-10H,11-14H2,1-2H3/p+1. The second-order valence-electron chi connectivity index (χ2n) is 6.50. The molecule has 0 aliphatic carbocycles. The average molecular weight is 421 g/mol. The summed E-state index contributed by atoms with van der Waals surface area (Å²) in [6.45, 7) is 1.51. The predicted octanol–water partition coefficient (Wildman–Crippen LogP) is 3.61. The van der Waals surface area contributed by atoms with E-state index in [1.54, 1.807) is 11.8 Å². The molecule has 142 valence electrons. The van der Waals surface area contributed by atoms with Crippen molar-refractivity contribution in [1.29, 1.82) is 0 Å². The lowest BCUT2D eigenvalue weighted by Crippen LogP contribution is -3.06. The van der Waals surface area contributed by atoms with Crippen molar-refractivity contribution in [3.05, 3.63) is 53.6 Å². The summed E-state index contributed by atoms with van der Waals surface area (Å²) in [6.07, 6.45) is 0.478. The molecular formula is C20H23ClN3OS2+. The molecule has 1 aromatic heterocycles. The van der Waals surface area contributed by atoms with Gasteiger partial charge in [0.25, 0.3) is 0 Å². The molecule has 0 bridgehead atoms. The molecule has 0 aliphatic heterocycles. The molecule has 0 saturated carbocycles. The lowest BCUT2D eigenvalue weighted by molar-refractivity contribution is -0.856. The maximum Gasteiger partial charge on any atom is 0.229 e. The second kappa shape index (κ2) is 9.55. The van der Waals surface area contributed by atoms with Crippen LogP contribution >= 0.6 is 34.7 Å². The number of rotatable bonds is 8. The largest absolute Gasteiger partial charge is 0.338 e. The summed E-state index contributed by atoms with van der Waals surface area (Å²) in [5.41, 5.74) is 0.771. The number of nitrogens with zero attached hydrogens (tertiary/aromatic N) is 2. The van der Waals surface area contributed by atoms with Gasteiger partial charge in [-0.3, -0.25) is 9.69 Å². The summed E-state index contributed by atoms with van der Waals surface area (Å²) >= 11 is 9.49. The SMILES string of the molecule is C[NH+](C)CCN(C(=O)CCSc1ccccc1)c1nc2c(Cl)cccc2s1. The van der Waals surface area contributed by atoms with Gasteiger partial charge in [-0.1, -0.05) is 47.2 Å². The van der Waals surface area contributed by atoms with Crippen LogP contribution < -0.4 is 9.80 Å². The van der Waals surface area contributed by atoms with Gasteiger partial charge in [0.2, 0.25) is 5.91 Å². The number of carbonyl (C=O) groups is 1. The lowest BCUT2D eigenvalue weighted by Gasteiger charge is -2.20. The minimum Gasteiger partial charge on any atom is -0.338 e. The Kier molecular flexibility index (Phi) is 7.13. The zero-order valence-corrected chi connectivity index (χ0v) is 17.8. The molecule has 3 rings (SSSR count). The van der Waals surface area contributed by atoms with Crippen LogP contribution in [-0.4, -0.2) is 43.8 Å². The van der Waals surface area contributed by atoms with Crippen molar-refractivity contribution >= 4 is 56.0 Å². The summed E-state index contributed by atoms with van der Waals surface area (Å²) in [7, 11) is 4.17. The number of halogens is 1. The number of thiazole rings is 1. The minimum absolute atomic E-state index is 0.106. The van der Waals surface area contributed by atoms with Crippen LogP contribution in [0.15, 0.2) is 53.4 Å². The Bertz CT molecular complexity index is 899. The van der Waals surface area contributed by atoms with Crippen molar-refractivity contribution in [2.24, 2.45) is 0 Å². The molecule has 0 aliphatic rings. The molecule has 0 unspecified atom stereocenters. The third kappa shape index (κ3) is 5.45. The van der Waals surface area contributed by atoms with E-state index < -0.39 is 0 Å². The van der Waals surface area contributed by atoms with E-state index in [0.29, 0.717) is 18.0 Å². The monoisotopic (exact) mass is 420 g/mol. The fourth-order valence-electron chi connectivity index (χ4n) is 2.59. The van der Waals surface area contributed by atoms with Crippen molar-refractivity contribution in [1.82, 2.24) is 4.98 Å². The van der Waals surface area contributed by atoms with Gasteiger partial charge in [-0.2, -0.15) is 0 Å². The molecule has 3 aromatic rings. The number of anilines is 1. The van der Waals surface area contributed by atoms with Gasteiger partial charge in [-0.25, -0.2) is 4.98 Å². The van der Waals surface area contributed by atoms with E-state index in [1.807, 2.05) is 41.3 Å². The van der Waals surface area contributed by atoms with Crippen LogP contribution in [-0.2, 0) is 4.79 Å². The van der Waals surface area contributed by atoms with Crippen molar-refractivity contribution in [2.75, 3.05) is 37.8 Å². The molecule has 7 heteroatoms. The van der Waals surface area contributed by atoms with Crippen molar-refractivity contribution in [2.45, 2.75) is 11.3 Å². The normalized spacial score (nSPS) is 11.3. The Hall–Kier alpha value is -1.60. The Balaban J connectivity index is 1.73. The first-order valence-electron chi connectivity index (χ1n) is 8.87. The average Bonchev–Trinajstić information content (AvgIpc) is 3.08. The van der Waals surface area contributed by atoms with Gasteiger partial charge in [0.1, 0.15) is 5.52 Å². The van der Waals surface area contributed by atoms with Crippen molar-refractivity contribution in [3.63, 3.8) is 0 Å². The fourth-order valence-corrected chi connectivity index (χ4v) is 4.76. The highest BCUT2D eigenvalue weighted by Crippen LogP contribution is 2.33. The number of fused-ring (bicyclic) bond motifs is 1. The van der Waals surface area contributed by atoms with Gasteiger partial charge in [0, 0.05) is 17.1 Å². The third-order valence-corrected chi connectivity index (χ3v) is 6.42. The van der Waals surface area contributed by atoms with Crippen LogP contribution in [0.25, 0.3) is 10.2 Å². The summed E-state index contributed by atoms with van der Waals surface area (Å²) in [5, 5.41) is 1.36. The zero-order valence-electron chi connectivity index (χ0n) is 15.4. The molecule has 1 amide bonds. The molecule has 0 saturated heterocycles. The van der Waals surface area contributed by atoms with Crippen LogP contribution in [0.5, 0.6) is 0 Å². The molecule has 0 radical (unpaired) electrons. The number of quaternary nitrogens is 1. The topological polar surface area (TPSA) is 37.6 Å². The Morgan fingerprint density at radius 3 is 2.67 bits per heavy atom. The van der Waals surface area contributed by atoms with Crippen LogP contribution in [0.2, 0.25) is 5.02 Å². The van der Waals surface area contributed by atoms with E-state index in [0.717, 1.165) is 27.6 Å². The Morgan fingerprint density at radius 2 is 1.96 bits per heavy atom. The maximum absolute atomic E-state index is 12.9. The van der Waals surface area contributed by atoms with Gasteiger partial charge in [0.15, 0.2) is 5.13 Å². The number of amides is 1. The number of aromatic nitrogens is 1. The highest BCUT2D eigenvalue weighted by atomic mass is 35.5. The highest BCUT2D eigenvalue weighted by Gasteiger charge is 2.21. The van der Waals surface area contributed by atoms with Crippen LogP contribution in [0.4, 0.5) is 5.13 Å². The van der Waals surface area contributed by atoms with E-state index >= 15 is 0 Å². The summed E-state index contributed by atoms with van der Waals surface area (Å²) in [6, 6.07) is 15.9. The summed E-state index contributed by atoms with van der Waals surface area (Å²) < 4.78 is 1.01. The molecule has 27 heavy (non-hydrogen) atoms. The summed E-state index contributed by atoms with van der Waals surface area (Å²) in [5.74, 6) is 0.856. The quantitative estimate of drug-likeness (QED) is 0.565. The van der Waals surface area contributed by atoms with Gasteiger partial charge in [-0.15, -0.1) is 11.8 Å². The molecule has 1 heterocycles. The molecular weight excluding hydrogens is 398 g/mol. The minimum atomic E-state index is 0.106. The zero-order chi connectivity index (χ0) is 19.2. The molecule has 0 fully saturated rings. The number of benzene rings is 2. The first-order chi connectivity index (χ1) is 13.0. The van der Waals surface area contributed by atoms with Gasteiger partial charge in [-0.05, 0) is 24.3 Å². The first kappa shape index (κ1) is 20.1. The van der Waals surface area contributed by atoms with E-state index in [1.165, 1.54) is 21.1 Å². The maximum atomic E-state index is 12.9. The molecule has 4 nitrogen and oxygen atoms in total. The van der Waals surface area contributed by atoms with Crippen LogP contribution in [0.3, 0.4) is 0 Å². The van der Waals surface area contributed by atoms with E-state index in [9.17, 15) is 4.79 Å². The van der Waals surface area contributed by atoms with Gasteiger partial charge >= 0.3 is 0 Å². The third-order valence-electron chi connectivity index (χ3n) is 4.05. The number of likely N-dealkylation sites (N-methyl/N-ethyl adjacent to an activating group) is 1. The smallest absolute Gasteiger partial charge is 0.229 e. The lowest BCUT2D eigenvalue weighted by atomic mass is 10.3. The molecule has 0 atom stereocenters. The van der Waals surface area contributed by atoms with Crippen LogP contribution in [0, 0.1) is 0 Å². The fraction of sp³-hybridized carbons (Fsp3) is 0.300. The number of hydrogen-bond donors (Lipinski definition) is 1. The molecule has 0 spiro atoms. The van der Waals surface area contributed by atoms with Gasteiger partial charge in [0.05, 0.1) is 36.9 Å². The van der Waals surface area contributed by atoms with E-state index in [-0.39, 0.29) is 5.91 Å². The number of carbonyl (C=O) groups excluding carboxylic acids is 1. The number of hydrogen-bond acceptors (Lipinski definition) is 4. The molecule has 1 N–H and O–H groups in total. The number of para-hydroxylation sites is 1. The summed E-state index contributed by atoms with van der Waals surface area (Å²) in [4.78, 5) is 21.9.